The van der Waals surface area contributed by atoms with Gasteiger partial charge in [0.25, 0.3) is 0 Å². The Morgan fingerprint density at radius 2 is 1.34 bits per heavy atom. The van der Waals surface area contributed by atoms with E-state index in [-0.39, 0.29) is 16.4 Å². The number of halogens is 1. The number of hydrogen-bond acceptors (Lipinski definition) is 2. The van der Waals surface area contributed by atoms with Crippen molar-refractivity contribution in [1.82, 2.24) is 0 Å². The maximum atomic E-state index is 7.08. The number of rotatable bonds is 6. The zero-order chi connectivity index (χ0) is 31.4. The molecule has 4 aromatic carbocycles. The Bertz CT molecular complexity index is 1890. The van der Waals surface area contributed by atoms with Crippen LogP contribution in [-0.4, -0.2) is 19.6 Å². The maximum absolute atomic E-state index is 7.08. The van der Waals surface area contributed by atoms with Crippen LogP contribution in [0.5, 0.6) is 0 Å². The van der Waals surface area contributed by atoms with Gasteiger partial charge in [-0.2, -0.15) is 0 Å². The van der Waals surface area contributed by atoms with Crippen molar-refractivity contribution < 1.29 is 0 Å². The van der Waals surface area contributed by atoms with Crippen molar-refractivity contribution in [3.63, 3.8) is 0 Å². The van der Waals surface area contributed by atoms with Gasteiger partial charge in [0.05, 0.1) is 5.54 Å². The summed E-state index contributed by atoms with van der Waals surface area (Å²) in [5.74, 6) is 0. The second-order valence-corrected chi connectivity index (χ2v) is 14.2. The number of hydrogen-bond donors (Lipinski definition) is 0. The Labute approximate surface area is 269 Å². The summed E-state index contributed by atoms with van der Waals surface area (Å²) in [5.41, 5.74) is 7.38. The fraction of sp³-hybridized carbons (Fsp3) is 0.317. The first-order valence-electron chi connectivity index (χ1n) is 15.9. The number of likely N-dealkylation sites (N-methyl/N-ethyl adjacent to an activating group) is 2. The highest BCUT2D eigenvalue weighted by Gasteiger charge is 2.51. The third-order valence-electron chi connectivity index (χ3n) is 10.7. The third-order valence-corrected chi connectivity index (χ3v) is 11.1. The molecule has 6 rings (SSSR count). The van der Waals surface area contributed by atoms with Crippen LogP contribution in [0, 0.1) is 0 Å². The summed E-state index contributed by atoms with van der Waals surface area (Å²) >= 11 is 7.08. The molecule has 0 N–H and O–H groups in total. The SMILES string of the molecule is CCCC(/C=C/C1(C)N(C)c2ccc3ccccc3c2C1(C)C)=C(Cl)\C=C\C=C1\N(C)c2ccc3ccccc3c2C1(C)C. The van der Waals surface area contributed by atoms with E-state index in [0.717, 1.165) is 17.9 Å². The summed E-state index contributed by atoms with van der Waals surface area (Å²) in [6.07, 6.45) is 13.1. The van der Waals surface area contributed by atoms with Crippen molar-refractivity contribution in [3.8, 4) is 0 Å². The molecule has 0 spiro atoms. The summed E-state index contributed by atoms with van der Waals surface area (Å²) < 4.78 is 0. The smallest absolute Gasteiger partial charge is 0.0648 e. The summed E-state index contributed by atoms with van der Waals surface area (Å²) in [4.78, 5) is 4.78. The van der Waals surface area contributed by atoms with E-state index in [4.69, 9.17) is 11.6 Å². The first kappa shape index (κ1) is 30.3. The van der Waals surface area contributed by atoms with Gasteiger partial charge in [0.15, 0.2) is 0 Å². The van der Waals surface area contributed by atoms with Crippen molar-refractivity contribution in [2.24, 2.45) is 0 Å². The number of benzene rings is 4. The van der Waals surface area contributed by atoms with Crippen molar-refractivity contribution in [2.75, 3.05) is 23.9 Å². The lowest BCUT2D eigenvalue weighted by Gasteiger charge is -2.42. The molecule has 0 amide bonds. The molecular formula is C41H45ClN2. The lowest BCUT2D eigenvalue weighted by atomic mass is 9.70. The molecule has 2 aliphatic heterocycles. The summed E-state index contributed by atoms with van der Waals surface area (Å²) in [5, 5.41) is 6.04. The van der Waals surface area contributed by atoms with Crippen LogP contribution in [0.4, 0.5) is 11.4 Å². The monoisotopic (exact) mass is 600 g/mol. The second-order valence-electron chi connectivity index (χ2n) is 13.7. The molecule has 0 fully saturated rings. The predicted octanol–water partition coefficient (Wildman–Crippen LogP) is 11.2. The molecule has 0 aromatic heterocycles. The lowest BCUT2D eigenvalue weighted by molar-refractivity contribution is 0.363. The Morgan fingerprint density at radius 3 is 1.98 bits per heavy atom. The average molecular weight is 601 g/mol. The minimum Gasteiger partial charge on any atom is -0.365 e. The van der Waals surface area contributed by atoms with E-state index in [1.165, 1.54) is 55.3 Å². The summed E-state index contributed by atoms with van der Waals surface area (Å²) in [6, 6.07) is 26.5. The van der Waals surface area contributed by atoms with Crippen LogP contribution < -0.4 is 9.80 Å². The Kier molecular flexibility index (Phi) is 7.57. The fourth-order valence-corrected chi connectivity index (χ4v) is 8.01. The average Bonchev–Trinajstić information content (AvgIpc) is 3.30. The highest BCUT2D eigenvalue weighted by molar-refractivity contribution is 6.31. The van der Waals surface area contributed by atoms with Gasteiger partial charge >= 0.3 is 0 Å². The van der Waals surface area contributed by atoms with E-state index < -0.39 is 0 Å². The zero-order valence-corrected chi connectivity index (χ0v) is 28.3. The van der Waals surface area contributed by atoms with Crippen LogP contribution in [0.25, 0.3) is 21.5 Å². The molecular weight excluding hydrogens is 556 g/mol. The maximum Gasteiger partial charge on any atom is 0.0648 e. The normalized spacial score (nSPS) is 22.1. The van der Waals surface area contributed by atoms with Crippen LogP contribution in [0.3, 0.4) is 0 Å². The summed E-state index contributed by atoms with van der Waals surface area (Å²) in [6.45, 7) is 14.0. The van der Waals surface area contributed by atoms with E-state index in [0.29, 0.717) is 0 Å². The number of nitrogens with zero attached hydrogens (tertiary/aromatic N) is 2. The van der Waals surface area contributed by atoms with Crippen LogP contribution in [0.15, 0.2) is 119 Å². The molecule has 3 heteroatoms. The molecule has 1 unspecified atom stereocenters. The first-order chi connectivity index (χ1) is 20.9. The van der Waals surface area contributed by atoms with Crippen molar-refractivity contribution in [2.45, 2.75) is 70.8 Å². The van der Waals surface area contributed by atoms with Crippen molar-refractivity contribution in [3.05, 3.63) is 131 Å². The largest absolute Gasteiger partial charge is 0.365 e. The van der Waals surface area contributed by atoms with Gasteiger partial charge in [0, 0.05) is 47.0 Å². The minimum atomic E-state index is -0.216. The Morgan fingerprint density at radius 1 is 0.750 bits per heavy atom. The molecule has 0 radical (unpaired) electrons. The lowest BCUT2D eigenvalue weighted by Crippen LogP contribution is -2.50. The van der Waals surface area contributed by atoms with E-state index in [9.17, 15) is 0 Å². The third kappa shape index (κ3) is 4.53. The van der Waals surface area contributed by atoms with Gasteiger partial charge in [-0.05, 0) is 75.9 Å². The van der Waals surface area contributed by atoms with E-state index >= 15 is 0 Å². The van der Waals surface area contributed by atoms with E-state index in [1.807, 2.05) is 0 Å². The van der Waals surface area contributed by atoms with Gasteiger partial charge in [0.2, 0.25) is 0 Å². The number of fused-ring (bicyclic) bond motifs is 6. The fourth-order valence-electron chi connectivity index (χ4n) is 7.78. The first-order valence-corrected chi connectivity index (χ1v) is 16.3. The molecule has 0 saturated heterocycles. The molecule has 226 valence electrons. The van der Waals surface area contributed by atoms with E-state index in [2.05, 4.69) is 169 Å². The molecule has 2 heterocycles. The van der Waals surface area contributed by atoms with Gasteiger partial charge in [-0.1, -0.05) is 132 Å². The Balaban J connectivity index is 1.32. The van der Waals surface area contributed by atoms with Crippen LogP contribution >= 0.6 is 11.6 Å². The Hall–Kier alpha value is -3.75. The number of allylic oxidation sites excluding steroid dienone is 7. The van der Waals surface area contributed by atoms with Crippen LogP contribution in [-0.2, 0) is 10.8 Å². The molecule has 0 aliphatic carbocycles. The molecule has 1 atom stereocenters. The quantitative estimate of drug-likeness (QED) is 0.203. The standard InChI is InChI=1S/C41H45ClN2/c1-9-15-30(26-27-41(6)40(4,5)38-32-19-13-11-17-29(32)23-25-35(38)44(41)8)33(42)20-14-21-36-39(2,3)37-31-18-12-10-16-28(31)22-24-34(37)43(36)7/h10-14,16-27H,9,15H2,1-8H3/b20-14+,27-26+,33-30-,36-21+. The van der Waals surface area contributed by atoms with Gasteiger partial charge in [-0.25, -0.2) is 0 Å². The molecule has 4 aromatic rings. The van der Waals surface area contributed by atoms with E-state index in [1.54, 1.807) is 0 Å². The zero-order valence-electron chi connectivity index (χ0n) is 27.5. The van der Waals surface area contributed by atoms with Crippen molar-refractivity contribution >= 4 is 44.5 Å². The highest BCUT2D eigenvalue weighted by Crippen LogP contribution is 2.54. The topological polar surface area (TPSA) is 6.48 Å². The summed E-state index contributed by atoms with van der Waals surface area (Å²) in [7, 11) is 4.40. The second kappa shape index (κ2) is 11.0. The molecule has 2 nitrogen and oxygen atoms in total. The molecule has 2 aliphatic rings. The predicted molar refractivity (Wildman–Crippen MR) is 193 cm³/mol. The van der Waals surface area contributed by atoms with Gasteiger partial charge in [-0.3, -0.25) is 0 Å². The van der Waals surface area contributed by atoms with Gasteiger partial charge < -0.3 is 9.80 Å². The van der Waals surface area contributed by atoms with Crippen LogP contribution in [0.2, 0.25) is 0 Å². The highest BCUT2D eigenvalue weighted by atomic mass is 35.5. The van der Waals surface area contributed by atoms with Gasteiger partial charge in [-0.15, -0.1) is 0 Å². The van der Waals surface area contributed by atoms with Gasteiger partial charge in [0.1, 0.15) is 0 Å². The molecule has 44 heavy (non-hydrogen) atoms. The molecule has 0 bridgehead atoms. The van der Waals surface area contributed by atoms with Crippen LogP contribution in [0.1, 0.15) is 65.5 Å². The van der Waals surface area contributed by atoms with Crippen molar-refractivity contribution in [1.29, 1.82) is 0 Å². The number of anilines is 2. The molecule has 0 saturated carbocycles. The minimum absolute atomic E-state index is 0.101.